The molecule has 0 fully saturated rings. The van der Waals surface area contributed by atoms with Gasteiger partial charge < -0.3 is 15.2 Å². The van der Waals surface area contributed by atoms with E-state index in [1.807, 2.05) is 6.92 Å². The minimum Gasteiger partial charge on any atom is -0.481 e. The van der Waals surface area contributed by atoms with Crippen LogP contribution in [0.1, 0.15) is 19.8 Å². The van der Waals surface area contributed by atoms with Crippen LogP contribution in [0.15, 0.2) is 12.2 Å². The fourth-order valence-electron chi connectivity index (χ4n) is 1.55. The van der Waals surface area contributed by atoms with Crippen molar-refractivity contribution in [2.45, 2.75) is 25.8 Å². The first-order valence-electron chi connectivity index (χ1n) is 5.41. The molecule has 0 aromatic rings. The van der Waals surface area contributed by atoms with Crippen molar-refractivity contribution in [3.8, 4) is 0 Å². The molecule has 2 atom stereocenters. The highest BCUT2D eigenvalue weighted by molar-refractivity contribution is 5.78. The third kappa shape index (κ3) is 4.02. The minimum atomic E-state index is -0.852. The summed E-state index contributed by atoms with van der Waals surface area (Å²) in [6.07, 6.45) is 4.63. The number of nitrogens with one attached hydrogen (secondary N) is 1. The van der Waals surface area contributed by atoms with Crippen LogP contribution in [0.25, 0.3) is 0 Å². The zero-order chi connectivity index (χ0) is 12.0. The Morgan fingerprint density at radius 2 is 2.25 bits per heavy atom. The number of amides is 1. The Morgan fingerprint density at radius 3 is 2.81 bits per heavy atom. The standard InChI is InChI=1S/C11H17NO4/c1-2-5-16-7-10(13)12-9-4-3-8(6-9)11(14)15/h3-4,8-9H,2,5-7H2,1H3,(H,12,13)(H,14,15). The van der Waals surface area contributed by atoms with Crippen LogP contribution in [0.3, 0.4) is 0 Å². The second kappa shape index (κ2) is 6.27. The molecule has 0 saturated carbocycles. The molecule has 2 N–H and O–H groups in total. The molecule has 16 heavy (non-hydrogen) atoms. The predicted octanol–water partition coefficient (Wildman–Crippen LogP) is 0.558. The summed E-state index contributed by atoms with van der Waals surface area (Å²) in [5.74, 6) is -1.54. The predicted molar refractivity (Wildman–Crippen MR) is 57.9 cm³/mol. The largest absolute Gasteiger partial charge is 0.481 e. The van der Waals surface area contributed by atoms with Gasteiger partial charge in [-0.3, -0.25) is 9.59 Å². The van der Waals surface area contributed by atoms with E-state index >= 15 is 0 Å². The molecule has 0 spiro atoms. The zero-order valence-corrected chi connectivity index (χ0v) is 9.31. The third-order valence-electron chi connectivity index (χ3n) is 2.33. The van der Waals surface area contributed by atoms with Crippen molar-refractivity contribution in [1.29, 1.82) is 0 Å². The van der Waals surface area contributed by atoms with Crippen LogP contribution < -0.4 is 5.32 Å². The van der Waals surface area contributed by atoms with E-state index in [2.05, 4.69) is 5.32 Å². The molecule has 5 heteroatoms. The van der Waals surface area contributed by atoms with Gasteiger partial charge in [0.05, 0.1) is 5.92 Å². The van der Waals surface area contributed by atoms with Crippen LogP contribution >= 0.6 is 0 Å². The normalized spacial score (nSPS) is 23.3. The number of carbonyl (C=O) groups excluding carboxylic acids is 1. The molecule has 0 heterocycles. The molecule has 0 radical (unpaired) electrons. The summed E-state index contributed by atoms with van der Waals surface area (Å²) in [7, 11) is 0. The molecular formula is C11H17NO4. The number of rotatable bonds is 6. The Labute approximate surface area is 94.5 Å². The molecule has 0 aromatic carbocycles. The molecular weight excluding hydrogens is 210 g/mol. The van der Waals surface area contributed by atoms with Crippen molar-refractivity contribution < 1.29 is 19.4 Å². The highest BCUT2D eigenvalue weighted by atomic mass is 16.5. The van der Waals surface area contributed by atoms with Crippen molar-refractivity contribution in [3.63, 3.8) is 0 Å². The Hall–Kier alpha value is -1.36. The van der Waals surface area contributed by atoms with Crippen LogP contribution in [-0.2, 0) is 14.3 Å². The Morgan fingerprint density at radius 1 is 1.50 bits per heavy atom. The summed E-state index contributed by atoms with van der Waals surface area (Å²) in [5.41, 5.74) is 0. The van der Waals surface area contributed by atoms with Crippen molar-refractivity contribution in [2.24, 2.45) is 5.92 Å². The lowest BCUT2D eigenvalue weighted by Gasteiger charge is -2.12. The number of carboxylic acid groups (broad SMARTS) is 1. The third-order valence-corrected chi connectivity index (χ3v) is 2.33. The molecule has 1 amide bonds. The summed E-state index contributed by atoms with van der Waals surface area (Å²) >= 11 is 0. The molecule has 1 rings (SSSR count). The Kier molecular flexibility index (Phi) is 4.98. The van der Waals surface area contributed by atoms with Gasteiger partial charge in [-0.2, -0.15) is 0 Å². The molecule has 1 aliphatic rings. The molecule has 0 saturated heterocycles. The fourth-order valence-corrected chi connectivity index (χ4v) is 1.55. The van der Waals surface area contributed by atoms with Gasteiger partial charge in [-0.05, 0) is 12.8 Å². The second-order valence-electron chi connectivity index (χ2n) is 3.79. The Balaban J connectivity index is 2.21. The molecule has 2 unspecified atom stereocenters. The van der Waals surface area contributed by atoms with E-state index in [0.717, 1.165) is 6.42 Å². The molecule has 0 aliphatic heterocycles. The summed E-state index contributed by atoms with van der Waals surface area (Å²) in [5, 5.41) is 11.5. The highest BCUT2D eigenvalue weighted by Crippen LogP contribution is 2.17. The Bertz CT molecular complexity index is 288. The summed E-state index contributed by atoms with van der Waals surface area (Å²) in [6, 6.07) is -0.182. The van der Waals surface area contributed by atoms with Crippen LogP contribution in [0.4, 0.5) is 0 Å². The van der Waals surface area contributed by atoms with E-state index in [-0.39, 0.29) is 18.6 Å². The maximum Gasteiger partial charge on any atom is 0.310 e. The number of carboxylic acids is 1. The highest BCUT2D eigenvalue weighted by Gasteiger charge is 2.25. The van der Waals surface area contributed by atoms with Crippen LogP contribution in [0, 0.1) is 5.92 Å². The summed E-state index contributed by atoms with van der Waals surface area (Å²) in [6.45, 7) is 2.57. The quantitative estimate of drug-likeness (QED) is 0.513. The van der Waals surface area contributed by atoms with Crippen molar-refractivity contribution in [3.05, 3.63) is 12.2 Å². The lowest BCUT2D eigenvalue weighted by Crippen LogP contribution is -2.35. The first-order valence-corrected chi connectivity index (χ1v) is 5.41. The molecule has 0 aromatic heterocycles. The van der Waals surface area contributed by atoms with Gasteiger partial charge in [0.15, 0.2) is 0 Å². The lowest BCUT2D eigenvalue weighted by molar-refractivity contribution is -0.140. The van der Waals surface area contributed by atoms with E-state index in [1.54, 1.807) is 12.2 Å². The van der Waals surface area contributed by atoms with E-state index in [1.165, 1.54) is 0 Å². The lowest BCUT2D eigenvalue weighted by atomic mass is 10.1. The van der Waals surface area contributed by atoms with Crippen LogP contribution in [0.5, 0.6) is 0 Å². The molecule has 90 valence electrons. The van der Waals surface area contributed by atoms with Crippen LogP contribution in [0.2, 0.25) is 0 Å². The maximum absolute atomic E-state index is 11.3. The van der Waals surface area contributed by atoms with Gasteiger partial charge in [0.1, 0.15) is 6.61 Å². The van der Waals surface area contributed by atoms with Gasteiger partial charge in [0.2, 0.25) is 5.91 Å². The van der Waals surface area contributed by atoms with Gasteiger partial charge >= 0.3 is 5.97 Å². The smallest absolute Gasteiger partial charge is 0.310 e. The summed E-state index contributed by atoms with van der Waals surface area (Å²) in [4.78, 5) is 22.0. The van der Waals surface area contributed by atoms with Gasteiger partial charge in [0.25, 0.3) is 0 Å². The molecule has 0 bridgehead atoms. The van der Waals surface area contributed by atoms with Gasteiger partial charge in [-0.1, -0.05) is 19.1 Å². The minimum absolute atomic E-state index is 0.0376. The topological polar surface area (TPSA) is 75.6 Å². The first-order chi connectivity index (χ1) is 7.63. The van der Waals surface area contributed by atoms with Gasteiger partial charge in [-0.15, -0.1) is 0 Å². The van der Waals surface area contributed by atoms with Crippen molar-refractivity contribution in [1.82, 2.24) is 5.32 Å². The fraction of sp³-hybridized carbons (Fsp3) is 0.636. The zero-order valence-electron chi connectivity index (χ0n) is 9.31. The van der Waals surface area contributed by atoms with E-state index < -0.39 is 11.9 Å². The molecule has 5 nitrogen and oxygen atoms in total. The van der Waals surface area contributed by atoms with E-state index in [0.29, 0.717) is 13.0 Å². The second-order valence-corrected chi connectivity index (χ2v) is 3.79. The van der Waals surface area contributed by atoms with E-state index in [4.69, 9.17) is 9.84 Å². The SMILES string of the molecule is CCCOCC(=O)NC1C=CC(C(=O)O)C1. The van der Waals surface area contributed by atoms with E-state index in [9.17, 15) is 9.59 Å². The number of carbonyl (C=O) groups is 2. The number of hydrogen-bond acceptors (Lipinski definition) is 3. The number of aliphatic carboxylic acids is 1. The first kappa shape index (κ1) is 12.7. The van der Waals surface area contributed by atoms with Gasteiger partial charge in [0, 0.05) is 12.6 Å². The molecule has 1 aliphatic carbocycles. The van der Waals surface area contributed by atoms with Crippen LogP contribution in [-0.4, -0.2) is 36.2 Å². The average Bonchev–Trinajstić information content (AvgIpc) is 2.66. The van der Waals surface area contributed by atoms with Crippen molar-refractivity contribution >= 4 is 11.9 Å². The van der Waals surface area contributed by atoms with Crippen molar-refractivity contribution in [2.75, 3.05) is 13.2 Å². The maximum atomic E-state index is 11.3. The monoisotopic (exact) mass is 227 g/mol. The number of hydrogen-bond donors (Lipinski definition) is 2. The van der Waals surface area contributed by atoms with Gasteiger partial charge in [-0.25, -0.2) is 0 Å². The number of ether oxygens (including phenoxy) is 1. The average molecular weight is 227 g/mol. The summed E-state index contributed by atoms with van der Waals surface area (Å²) < 4.78 is 5.08.